The van der Waals surface area contributed by atoms with Crippen molar-refractivity contribution in [2.75, 3.05) is 5.73 Å². The number of aromatic nitrogens is 2. The minimum absolute atomic E-state index is 0.0674. The zero-order valence-electron chi connectivity index (χ0n) is 11.0. The van der Waals surface area contributed by atoms with Gasteiger partial charge in [-0.1, -0.05) is 24.3 Å². The Kier molecular flexibility index (Phi) is 2.35. The molecule has 4 aromatic rings. The number of para-hydroxylation sites is 3. The number of rotatable bonds is 1. The van der Waals surface area contributed by atoms with E-state index in [1.165, 1.54) is 0 Å². The van der Waals surface area contributed by atoms with E-state index in [-0.39, 0.29) is 16.9 Å². The van der Waals surface area contributed by atoms with Gasteiger partial charge in [0.05, 0.1) is 16.4 Å². The highest BCUT2D eigenvalue weighted by Crippen LogP contribution is 2.25. The van der Waals surface area contributed by atoms with E-state index >= 15 is 0 Å². The van der Waals surface area contributed by atoms with Crippen LogP contribution in [0.4, 0.5) is 5.88 Å². The molecule has 0 spiro atoms. The second kappa shape index (κ2) is 4.21. The van der Waals surface area contributed by atoms with Gasteiger partial charge in [0.15, 0.2) is 0 Å². The first kappa shape index (κ1) is 11.7. The molecule has 3 N–H and O–H groups in total. The van der Waals surface area contributed by atoms with Crippen LogP contribution in [-0.4, -0.2) is 9.97 Å². The summed E-state index contributed by atoms with van der Waals surface area (Å²) in [5, 5.41) is 0.488. The minimum atomic E-state index is -0.187. The molecule has 0 unspecified atom stereocenters. The van der Waals surface area contributed by atoms with E-state index in [0.29, 0.717) is 16.8 Å². The molecule has 5 heteroatoms. The number of anilines is 1. The number of benzene rings is 2. The first-order valence-electron chi connectivity index (χ1n) is 6.50. The fourth-order valence-corrected chi connectivity index (χ4v) is 2.45. The summed E-state index contributed by atoms with van der Waals surface area (Å²) in [5.41, 5.74) is 8.09. The van der Waals surface area contributed by atoms with Crippen molar-refractivity contribution in [3.8, 4) is 11.4 Å². The van der Waals surface area contributed by atoms with Crippen molar-refractivity contribution < 1.29 is 4.42 Å². The summed E-state index contributed by atoms with van der Waals surface area (Å²) < 4.78 is 5.54. The topological polar surface area (TPSA) is 84.9 Å². The van der Waals surface area contributed by atoms with Crippen molar-refractivity contribution >= 4 is 27.9 Å². The van der Waals surface area contributed by atoms with Gasteiger partial charge >= 0.3 is 0 Å². The number of H-pyrrole nitrogens is 1. The Bertz CT molecular complexity index is 997. The van der Waals surface area contributed by atoms with Gasteiger partial charge in [0.2, 0.25) is 11.3 Å². The van der Waals surface area contributed by atoms with Crippen LogP contribution in [0, 0.1) is 0 Å². The van der Waals surface area contributed by atoms with Gasteiger partial charge in [-0.3, -0.25) is 4.79 Å². The first-order valence-corrected chi connectivity index (χ1v) is 6.50. The molecule has 0 atom stereocenters. The van der Waals surface area contributed by atoms with E-state index in [1.807, 2.05) is 24.3 Å². The van der Waals surface area contributed by atoms with Crippen LogP contribution in [0.5, 0.6) is 0 Å². The summed E-state index contributed by atoms with van der Waals surface area (Å²) in [6.07, 6.45) is 0. The summed E-state index contributed by atoms with van der Waals surface area (Å²) in [6.45, 7) is 0. The molecule has 0 aliphatic heterocycles. The molecular formula is C16H11N3O2. The van der Waals surface area contributed by atoms with Crippen molar-refractivity contribution in [2.24, 2.45) is 0 Å². The van der Waals surface area contributed by atoms with E-state index in [9.17, 15) is 4.79 Å². The summed E-state index contributed by atoms with van der Waals surface area (Å²) >= 11 is 0. The smallest absolute Gasteiger partial charge is 0.205 e. The number of nitrogens with one attached hydrogen (secondary N) is 1. The van der Waals surface area contributed by atoms with Gasteiger partial charge in [-0.2, -0.15) is 0 Å². The molecule has 0 bridgehead atoms. The number of fused-ring (bicyclic) bond motifs is 2. The van der Waals surface area contributed by atoms with Crippen LogP contribution in [0.25, 0.3) is 33.4 Å². The van der Waals surface area contributed by atoms with Crippen LogP contribution >= 0.6 is 0 Å². The predicted molar refractivity (Wildman–Crippen MR) is 82.0 cm³/mol. The molecule has 5 nitrogen and oxygen atoms in total. The van der Waals surface area contributed by atoms with Gasteiger partial charge < -0.3 is 15.1 Å². The summed E-state index contributed by atoms with van der Waals surface area (Å²) in [6, 6.07) is 14.6. The van der Waals surface area contributed by atoms with E-state index in [0.717, 1.165) is 11.0 Å². The average Bonchev–Trinajstić information content (AvgIpc) is 2.90. The maximum absolute atomic E-state index is 12.6. The van der Waals surface area contributed by atoms with E-state index in [1.54, 1.807) is 24.3 Å². The van der Waals surface area contributed by atoms with Crippen LogP contribution in [-0.2, 0) is 0 Å². The molecule has 0 aliphatic carbocycles. The van der Waals surface area contributed by atoms with Gasteiger partial charge in [0, 0.05) is 0 Å². The number of nitrogens with zero attached hydrogens (tertiary/aromatic N) is 1. The van der Waals surface area contributed by atoms with E-state index < -0.39 is 0 Å². The maximum atomic E-state index is 12.6. The summed E-state index contributed by atoms with van der Waals surface area (Å²) in [5.74, 6) is 0.492. The summed E-state index contributed by atoms with van der Waals surface area (Å²) in [7, 11) is 0. The normalized spacial score (nSPS) is 11.2. The van der Waals surface area contributed by atoms with Gasteiger partial charge in [-0.25, -0.2) is 4.98 Å². The van der Waals surface area contributed by atoms with Gasteiger partial charge in [-0.15, -0.1) is 0 Å². The zero-order valence-corrected chi connectivity index (χ0v) is 11.0. The lowest BCUT2D eigenvalue weighted by atomic mass is 10.1. The molecule has 4 rings (SSSR count). The number of nitrogens with two attached hydrogens (primary N) is 1. The molecule has 2 aromatic carbocycles. The Hall–Kier alpha value is -3.08. The Balaban J connectivity index is 2.08. The van der Waals surface area contributed by atoms with Crippen LogP contribution in [0.1, 0.15) is 0 Å². The number of hydrogen-bond acceptors (Lipinski definition) is 4. The highest BCUT2D eigenvalue weighted by molar-refractivity contribution is 5.87. The molecule has 2 heterocycles. The van der Waals surface area contributed by atoms with E-state index in [2.05, 4.69) is 9.97 Å². The third-order valence-electron chi connectivity index (χ3n) is 3.45. The Morgan fingerprint density at radius 3 is 2.67 bits per heavy atom. The molecule has 0 saturated carbocycles. The standard InChI is InChI=1S/C16H11N3O2/c17-15-13(14(20)9-5-1-4-8-12(9)21-15)16-18-10-6-2-3-7-11(10)19-16/h1-8H,17H2,(H,18,19). The lowest BCUT2D eigenvalue weighted by molar-refractivity contribution is 0.626. The quantitative estimate of drug-likeness (QED) is 0.560. The highest BCUT2D eigenvalue weighted by atomic mass is 16.3. The first-order chi connectivity index (χ1) is 10.2. The lowest BCUT2D eigenvalue weighted by Crippen LogP contribution is -2.09. The van der Waals surface area contributed by atoms with Crippen molar-refractivity contribution in [3.63, 3.8) is 0 Å². The zero-order chi connectivity index (χ0) is 14.4. The fourth-order valence-electron chi connectivity index (χ4n) is 2.45. The SMILES string of the molecule is Nc1oc2ccccc2c(=O)c1-c1nc2ccccc2[nH]1. The molecular weight excluding hydrogens is 266 g/mol. The summed E-state index contributed by atoms with van der Waals surface area (Å²) in [4.78, 5) is 20.1. The average molecular weight is 277 g/mol. The molecule has 102 valence electrons. The van der Waals surface area contributed by atoms with Crippen molar-refractivity contribution in [2.45, 2.75) is 0 Å². The molecule has 0 saturated heterocycles. The fraction of sp³-hybridized carbons (Fsp3) is 0. The highest BCUT2D eigenvalue weighted by Gasteiger charge is 2.17. The molecule has 0 amide bonds. The van der Waals surface area contributed by atoms with Gasteiger partial charge in [0.25, 0.3) is 0 Å². The number of nitrogen functional groups attached to an aromatic ring is 1. The second-order valence-corrected chi connectivity index (χ2v) is 4.77. The molecule has 0 fully saturated rings. The third kappa shape index (κ3) is 1.71. The molecule has 0 aliphatic rings. The van der Waals surface area contributed by atoms with Gasteiger partial charge in [0.1, 0.15) is 17.0 Å². The van der Waals surface area contributed by atoms with E-state index in [4.69, 9.17) is 10.2 Å². The van der Waals surface area contributed by atoms with Crippen LogP contribution in [0.3, 0.4) is 0 Å². The Morgan fingerprint density at radius 2 is 1.81 bits per heavy atom. The van der Waals surface area contributed by atoms with Crippen LogP contribution in [0.2, 0.25) is 0 Å². The van der Waals surface area contributed by atoms with Crippen molar-refractivity contribution in [1.29, 1.82) is 0 Å². The molecule has 21 heavy (non-hydrogen) atoms. The third-order valence-corrected chi connectivity index (χ3v) is 3.45. The van der Waals surface area contributed by atoms with Gasteiger partial charge in [-0.05, 0) is 24.3 Å². The number of aromatic amines is 1. The number of hydrogen-bond donors (Lipinski definition) is 2. The monoisotopic (exact) mass is 277 g/mol. The van der Waals surface area contributed by atoms with Crippen molar-refractivity contribution in [1.82, 2.24) is 9.97 Å². The lowest BCUT2D eigenvalue weighted by Gasteiger charge is -2.03. The Morgan fingerprint density at radius 1 is 1.05 bits per heavy atom. The largest absolute Gasteiger partial charge is 0.440 e. The van der Waals surface area contributed by atoms with Crippen molar-refractivity contribution in [3.05, 3.63) is 58.8 Å². The Labute approximate surface area is 119 Å². The second-order valence-electron chi connectivity index (χ2n) is 4.77. The van der Waals surface area contributed by atoms with Crippen LogP contribution in [0.15, 0.2) is 57.7 Å². The number of imidazole rings is 1. The molecule has 0 radical (unpaired) electrons. The maximum Gasteiger partial charge on any atom is 0.205 e. The minimum Gasteiger partial charge on any atom is -0.440 e. The predicted octanol–water partition coefficient (Wildman–Crippen LogP) is 2.92. The molecule has 2 aromatic heterocycles. The van der Waals surface area contributed by atoms with Crippen LogP contribution < -0.4 is 11.2 Å².